The van der Waals surface area contributed by atoms with Crippen LogP contribution in [0, 0.1) is 21.4 Å². The first-order valence-electron chi connectivity index (χ1n) is 7.61. The summed E-state index contributed by atoms with van der Waals surface area (Å²) in [5.41, 5.74) is -0.568. The molecule has 1 amide bonds. The molecule has 8 heteroatoms. The minimum absolute atomic E-state index is 0.00930. The van der Waals surface area contributed by atoms with Gasteiger partial charge in [-0.05, 0) is 17.9 Å². The molecule has 1 unspecified atom stereocenters. The van der Waals surface area contributed by atoms with E-state index in [9.17, 15) is 24.8 Å². The van der Waals surface area contributed by atoms with Crippen molar-refractivity contribution >= 4 is 29.2 Å². The zero-order chi connectivity index (χ0) is 18.1. The topological polar surface area (TPSA) is 101 Å². The van der Waals surface area contributed by atoms with E-state index in [1.807, 2.05) is 13.8 Å². The Bertz CT molecular complexity index is 691. The number of carbonyl (C=O) groups excluding carboxylic acids is 1. The van der Waals surface area contributed by atoms with E-state index in [0.29, 0.717) is 18.5 Å². The Kier molecular flexibility index (Phi) is 5.13. The zero-order valence-electron chi connectivity index (χ0n) is 13.5. The van der Waals surface area contributed by atoms with Crippen molar-refractivity contribution in [2.24, 2.45) is 11.3 Å². The molecule has 1 aliphatic heterocycles. The number of benzene rings is 1. The SMILES string of the molecule is CC(C)C1(C(=O)O)CCN(C(=O)Cc2ccc([N+](=O)[O-])cc2Cl)C1. The van der Waals surface area contributed by atoms with Crippen LogP contribution in [0.4, 0.5) is 5.69 Å². The van der Waals surface area contributed by atoms with Gasteiger partial charge in [0, 0.05) is 25.2 Å². The van der Waals surface area contributed by atoms with Gasteiger partial charge in [0.25, 0.3) is 5.69 Å². The zero-order valence-corrected chi connectivity index (χ0v) is 14.2. The Balaban J connectivity index is 2.12. The smallest absolute Gasteiger partial charge is 0.311 e. The molecule has 2 rings (SSSR count). The highest BCUT2D eigenvalue weighted by molar-refractivity contribution is 6.31. The van der Waals surface area contributed by atoms with Gasteiger partial charge >= 0.3 is 5.97 Å². The van der Waals surface area contributed by atoms with Crippen LogP contribution >= 0.6 is 11.6 Å². The van der Waals surface area contributed by atoms with Crippen LogP contribution in [0.1, 0.15) is 25.8 Å². The molecule has 0 radical (unpaired) electrons. The molecule has 1 aromatic rings. The van der Waals surface area contributed by atoms with Gasteiger partial charge < -0.3 is 10.0 Å². The summed E-state index contributed by atoms with van der Waals surface area (Å²) in [6, 6.07) is 3.97. The number of nitrogens with zero attached hydrogens (tertiary/aromatic N) is 2. The van der Waals surface area contributed by atoms with Gasteiger partial charge in [-0.15, -0.1) is 0 Å². The van der Waals surface area contributed by atoms with Crippen molar-refractivity contribution in [3.05, 3.63) is 38.9 Å². The number of nitro benzene ring substituents is 1. The van der Waals surface area contributed by atoms with Crippen molar-refractivity contribution in [1.82, 2.24) is 4.90 Å². The lowest BCUT2D eigenvalue weighted by Gasteiger charge is -2.28. The lowest BCUT2D eigenvalue weighted by atomic mass is 9.76. The lowest BCUT2D eigenvalue weighted by molar-refractivity contribution is -0.384. The maximum atomic E-state index is 12.5. The second-order valence-corrected chi connectivity index (χ2v) is 6.80. The third-order valence-corrected chi connectivity index (χ3v) is 5.13. The number of hydrogen-bond acceptors (Lipinski definition) is 4. The molecule has 1 fully saturated rings. The summed E-state index contributed by atoms with van der Waals surface area (Å²) in [5, 5.41) is 20.4. The fourth-order valence-corrected chi connectivity index (χ4v) is 3.25. The molecule has 1 atom stereocenters. The molecule has 0 aromatic heterocycles. The Labute approximate surface area is 144 Å². The number of carboxylic acids is 1. The van der Waals surface area contributed by atoms with Crippen LogP contribution in [-0.4, -0.2) is 39.9 Å². The fourth-order valence-electron chi connectivity index (χ4n) is 3.01. The van der Waals surface area contributed by atoms with Crippen molar-refractivity contribution < 1.29 is 19.6 Å². The third-order valence-electron chi connectivity index (χ3n) is 4.77. The average molecular weight is 355 g/mol. The summed E-state index contributed by atoms with van der Waals surface area (Å²) in [6.07, 6.45) is 0.407. The highest BCUT2D eigenvalue weighted by atomic mass is 35.5. The molecule has 130 valence electrons. The highest BCUT2D eigenvalue weighted by Gasteiger charge is 2.48. The number of halogens is 1. The van der Waals surface area contributed by atoms with Crippen molar-refractivity contribution in [3.8, 4) is 0 Å². The van der Waals surface area contributed by atoms with E-state index in [2.05, 4.69) is 0 Å². The van der Waals surface area contributed by atoms with Crippen LogP contribution in [0.3, 0.4) is 0 Å². The minimum Gasteiger partial charge on any atom is -0.481 e. The van der Waals surface area contributed by atoms with Gasteiger partial charge in [-0.3, -0.25) is 19.7 Å². The average Bonchev–Trinajstić information content (AvgIpc) is 2.96. The first-order valence-corrected chi connectivity index (χ1v) is 7.99. The van der Waals surface area contributed by atoms with Crippen LogP contribution in [0.15, 0.2) is 18.2 Å². The number of rotatable bonds is 5. The number of amides is 1. The maximum absolute atomic E-state index is 12.5. The second kappa shape index (κ2) is 6.76. The van der Waals surface area contributed by atoms with Gasteiger partial charge in [0.05, 0.1) is 21.8 Å². The van der Waals surface area contributed by atoms with Gasteiger partial charge in [0.2, 0.25) is 5.91 Å². The van der Waals surface area contributed by atoms with Crippen molar-refractivity contribution in [2.75, 3.05) is 13.1 Å². The van der Waals surface area contributed by atoms with E-state index in [-0.39, 0.29) is 35.5 Å². The predicted octanol–water partition coefficient (Wildman–Crippen LogP) is 2.75. The van der Waals surface area contributed by atoms with Crippen LogP contribution in [-0.2, 0) is 16.0 Å². The van der Waals surface area contributed by atoms with Crippen molar-refractivity contribution in [1.29, 1.82) is 0 Å². The summed E-state index contributed by atoms with van der Waals surface area (Å²) < 4.78 is 0. The molecule has 7 nitrogen and oxygen atoms in total. The van der Waals surface area contributed by atoms with Gasteiger partial charge in [-0.25, -0.2) is 0 Å². The molecular formula is C16H19ClN2O5. The second-order valence-electron chi connectivity index (χ2n) is 6.39. The number of aliphatic carboxylic acids is 1. The Morgan fingerprint density at radius 1 is 1.46 bits per heavy atom. The summed E-state index contributed by atoms with van der Waals surface area (Å²) in [4.78, 5) is 35.8. The Hall–Kier alpha value is -2.15. The van der Waals surface area contributed by atoms with Crippen molar-refractivity contribution in [2.45, 2.75) is 26.7 Å². The number of likely N-dealkylation sites (tertiary alicyclic amines) is 1. The maximum Gasteiger partial charge on any atom is 0.311 e. The minimum atomic E-state index is -0.922. The Morgan fingerprint density at radius 2 is 2.12 bits per heavy atom. The van der Waals surface area contributed by atoms with Gasteiger partial charge in [0.15, 0.2) is 0 Å². The van der Waals surface area contributed by atoms with E-state index in [1.54, 1.807) is 0 Å². The third kappa shape index (κ3) is 3.36. The molecule has 0 spiro atoms. The summed E-state index contributed by atoms with van der Waals surface area (Å²) in [7, 11) is 0. The lowest BCUT2D eigenvalue weighted by Crippen LogP contribution is -2.41. The van der Waals surface area contributed by atoms with E-state index in [1.165, 1.54) is 23.1 Å². The van der Waals surface area contributed by atoms with E-state index >= 15 is 0 Å². The molecule has 1 aromatic carbocycles. The molecule has 24 heavy (non-hydrogen) atoms. The highest BCUT2D eigenvalue weighted by Crippen LogP contribution is 2.38. The summed E-state index contributed by atoms with van der Waals surface area (Å²) in [5.74, 6) is -1.20. The van der Waals surface area contributed by atoms with E-state index < -0.39 is 16.3 Å². The first kappa shape index (κ1) is 18.2. The molecule has 1 N–H and O–H groups in total. The monoisotopic (exact) mass is 354 g/mol. The first-order chi connectivity index (χ1) is 11.2. The molecule has 0 aliphatic carbocycles. The van der Waals surface area contributed by atoms with Crippen molar-refractivity contribution in [3.63, 3.8) is 0 Å². The van der Waals surface area contributed by atoms with E-state index in [0.717, 1.165) is 0 Å². The molecule has 0 saturated carbocycles. The summed E-state index contributed by atoms with van der Waals surface area (Å²) >= 11 is 6.01. The molecule has 1 aliphatic rings. The van der Waals surface area contributed by atoms with Crippen LogP contribution in [0.2, 0.25) is 5.02 Å². The molecule has 0 bridgehead atoms. The van der Waals surface area contributed by atoms with Gasteiger partial charge in [-0.2, -0.15) is 0 Å². The largest absolute Gasteiger partial charge is 0.481 e. The standard InChI is InChI=1S/C16H19ClN2O5/c1-10(2)16(15(21)22)5-6-18(9-16)14(20)7-11-3-4-12(19(23)24)8-13(11)17/h3-4,8,10H,5-7,9H2,1-2H3,(H,21,22). The van der Waals surface area contributed by atoms with Crippen LogP contribution in [0.5, 0.6) is 0 Å². The van der Waals surface area contributed by atoms with Crippen LogP contribution < -0.4 is 0 Å². The molecular weight excluding hydrogens is 336 g/mol. The fraction of sp³-hybridized carbons (Fsp3) is 0.500. The van der Waals surface area contributed by atoms with Gasteiger partial charge in [-0.1, -0.05) is 31.5 Å². The predicted molar refractivity (Wildman–Crippen MR) is 87.9 cm³/mol. The summed E-state index contributed by atoms with van der Waals surface area (Å²) in [6.45, 7) is 4.24. The van der Waals surface area contributed by atoms with E-state index in [4.69, 9.17) is 11.6 Å². The number of carboxylic acid groups (broad SMARTS) is 1. The number of nitro groups is 1. The molecule has 1 heterocycles. The van der Waals surface area contributed by atoms with Gasteiger partial charge in [0.1, 0.15) is 0 Å². The molecule has 1 saturated heterocycles. The number of non-ortho nitro benzene ring substituents is 1. The normalized spacial score (nSPS) is 20.4. The number of carbonyl (C=O) groups is 2. The quantitative estimate of drug-likeness (QED) is 0.647. The number of hydrogen-bond donors (Lipinski definition) is 1. The van der Waals surface area contributed by atoms with Crippen LogP contribution in [0.25, 0.3) is 0 Å². The Morgan fingerprint density at radius 3 is 2.58 bits per heavy atom.